The van der Waals surface area contributed by atoms with Crippen molar-refractivity contribution in [2.75, 3.05) is 13.1 Å². The monoisotopic (exact) mass is 381 g/mol. The molecule has 0 spiro atoms. The molecule has 0 unspecified atom stereocenters. The first-order valence-corrected chi connectivity index (χ1v) is 9.61. The Labute approximate surface area is 165 Å². The van der Waals surface area contributed by atoms with Gasteiger partial charge in [-0.05, 0) is 43.9 Å². The number of rotatable bonds is 3. The van der Waals surface area contributed by atoms with Gasteiger partial charge in [-0.1, -0.05) is 54.6 Å². The molecule has 1 aliphatic heterocycles. The van der Waals surface area contributed by atoms with Crippen LogP contribution in [0.5, 0.6) is 0 Å². The van der Waals surface area contributed by atoms with Crippen LogP contribution in [0, 0.1) is 5.92 Å². The largest absolute Gasteiger partial charge is 0.481 e. The summed E-state index contributed by atoms with van der Waals surface area (Å²) in [4.78, 5) is 25.8. The van der Waals surface area contributed by atoms with E-state index in [-0.39, 0.29) is 12.5 Å². The Morgan fingerprint density at radius 1 is 1.00 bits per heavy atom. The van der Waals surface area contributed by atoms with Crippen molar-refractivity contribution in [2.24, 2.45) is 5.92 Å². The molecule has 0 saturated carbocycles. The van der Waals surface area contributed by atoms with Crippen molar-refractivity contribution in [1.82, 2.24) is 4.90 Å². The highest BCUT2D eigenvalue weighted by atomic mass is 16.6. The van der Waals surface area contributed by atoms with Crippen molar-refractivity contribution in [3.8, 4) is 11.1 Å². The minimum atomic E-state index is -0.884. The lowest BCUT2D eigenvalue weighted by atomic mass is 9.80. The van der Waals surface area contributed by atoms with E-state index < -0.39 is 23.6 Å². The van der Waals surface area contributed by atoms with E-state index in [2.05, 4.69) is 0 Å². The number of piperidine rings is 1. The summed E-state index contributed by atoms with van der Waals surface area (Å²) in [5, 5.41) is 9.76. The molecule has 1 N–H and O–H groups in total. The van der Waals surface area contributed by atoms with Gasteiger partial charge in [0.2, 0.25) is 0 Å². The Kier molecular flexibility index (Phi) is 5.73. The molecule has 0 bridgehead atoms. The molecule has 1 amide bonds. The van der Waals surface area contributed by atoms with Crippen LogP contribution in [-0.2, 0) is 9.53 Å². The molecule has 0 aliphatic carbocycles. The standard InChI is InChI=1S/C23H27NO4/c1-23(2,3)28-22(27)24-14-13-19(20(15-24)21(25)26)18-11-9-17(10-12-18)16-7-5-4-6-8-16/h4-12,19-20H,13-15H2,1-3H3,(H,25,26)/t19-,20-/m1/s1. The molecular formula is C23H27NO4. The van der Waals surface area contributed by atoms with Gasteiger partial charge in [0.1, 0.15) is 5.60 Å². The molecular weight excluding hydrogens is 354 g/mol. The molecule has 5 nitrogen and oxygen atoms in total. The molecule has 2 atom stereocenters. The molecule has 2 aromatic carbocycles. The van der Waals surface area contributed by atoms with Crippen LogP contribution in [-0.4, -0.2) is 40.8 Å². The highest BCUT2D eigenvalue weighted by Crippen LogP contribution is 2.35. The maximum absolute atomic E-state index is 12.3. The average Bonchev–Trinajstić information content (AvgIpc) is 2.67. The third kappa shape index (κ3) is 4.71. The molecule has 2 aromatic rings. The molecule has 5 heteroatoms. The highest BCUT2D eigenvalue weighted by molar-refractivity contribution is 5.75. The highest BCUT2D eigenvalue weighted by Gasteiger charge is 2.38. The molecule has 1 saturated heterocycles. The first-order valence-electron chi connectivity index (χ1n) is 9.61. The first-order chi connectivity index (χ1) is 13.2. The fourth-order valence-electron chi connectivity index (χ4n) is 3.65. The summed E-state index contributed by atoms with van der Waals surface area (Å²) in [7, 11) is 0. The maximum atomic E-state index is 12.3. The number of ether oxygens (including phenoxy) is 1. The van der Waals surface area contributed by atoms with Crippen LogP contribution < -0.4 is 0 Å². The van der Waals surface area contributed by atoms with Crippen molar-refractivity contribution in [1.29, 1.82) is 0 Å². The summed E-state index contributed by atoms with van der Waals surface area (Å²) in [6, 6.07) is 18.1. The van der Waals surface area contributed by atoms with E-state index in [1.807, 2.05) is 54.6 Å². The van der Waals surface area contributed by atoms with Crippen molar-refractivity contribution >= 4 is 12.1 Å². The van der Waals surface area contributed by atoms with Gasteiger partial charge in [0.05, 0.1) is 5.92 Å². The van der Waals surface area contributed by atoms with Crippen LogP contribution in [0.2, 0.25) is 0 Å². The summed E-state index contributed by atoms with van der Waals surface area (Å²) < 4.78 is 5.40. The predicted molar refractivity (Wildman–Crippen MR) is 108 cm³/mol. The Morgan fingerprint density at radius 2 is 1.61 bits per heavy atom. The topological polar surface area (TPSA) is 66.8 Å². The number of carboxylic acid groups (broad SMARTS) is 1. The van der Waals surface area contributed by atoms with Gasteiger partial charge in [-0.3, -0.25) is 4.79 Å². The summed E-state index contributed by atoms with van der Waals surface area (Å²) in [5.41, 5.74) is 2.63. The van der Waals surface area contributed by atoms with E-state index in [1.54, 1.807) is 20.8 Å². The van der Waals surface area contributed by atoms with Gasteiger partial charge < -0.3 is 14.7 Å². The number of amides is 1. The van der Waals surface area contributed by atoms with E-state index in [9.17, 15) is 14.7 Å². The predicted octanol–water partition coefficient (Wildman–Crippen LogP) is 4.78. The zero-order chi connectivity index (χ0) is 20.3. The summed E-state index contributed by atoms with van der Waals surface area (Å²) in [6.45, 7) is 6.07. The molecule has 1 heterocycles. The number of likely N-dealkylation sites (tertiary alicyclic amines) is 1. The summed E-state index contributed by atoms with van der Waals surface area (Å²) >= 11 is 0. The number of nitrogens with zero attached hydrogens (tertiary/aromatic N) is 1. The summed E-state index contributed by atoms with van der Waals surface area (Å²) in [6.07, 6.45) is 0.151. The lowest BCUT2D eigenvalue weighted by Crippen LogP contribution is -2.47. The van der Waals surface area contributed by atoms with E-state index in [0.29, 0.717) is 13.0 Å². The van der Waals surface area contributed by atoms with E-state index >= 15 is 0 Å². The van der Waals surface area contributed by atoms with Crippen molar-refractivity contribution in [3.05, 3.63) is 60.2 Å². The van der Waals surface area contributed by atoms with Crippen molar-refractivity contribution in [3.63, 3.8) is 0 Å². The third-order valence-corrected chi connectivity index (χ3v) is 5.03. The van der Waals surface area contributed by atoms with Crippen molar-refractivity contribution < 1.29 is 19.4 Å². The zero-order valence-electron chi connectivity index (χ0n) is 16.6. The SMILES string of the molecule is CC(C)(C)OC(=O)N1CC[C@H](c2ccc(-c3ccccc3)cc2)[C@H](C(=O)O)C1. The Hall–Kier alpha value is -2.82. The number of hydrogen-bond donors (Lipinski definition) is 1. The molecule has 148 valence electrons. The Morgan fingerprint density at radius 3 is 2.18 bits per heavy atom. The Bertz CT molecular complexity index is 824. The fourth-order valence-corrected chi connectivity index (χ4v) is 3.65. The van der Waals surface area contributed by atoms with Crippen LogP contribution in [0.1, 0.15) is 38.7 Å². The first kappa shape index (κ1) is 19.9. The number of carbonyl (C=O) groups is 2. The number of carbonyl (C=O) groups excluding carboxylic acids is 1. The van der Waals surface area contributed by atoms with Crippen molar-refractivity contribution in [2.45, 2.75) is 38.7 Å². The number of carboxylic acids is 1. The second-order valence-electron chi connectivity index (χ2n) is 8.25. The lowest BCUT2D eigenvalue weighted by molar-refractivity contribution is -0.144. The van der Waals surface area contributed by atoms with Crippen LogP contribution >= 0.6 is 0 Å². The number of hydrogen-bond acceptors (Lipinski definition) is 3. The molecule has 28 heavy (non-hydrogen) atoms. The number of aliphatic carboxylic acids is 1. The second kappa shape index (κ2) is 8.05. The van der Waals surface area contributed by atoms with Gasteiger partial charge in [0, 0.05) is 19.0 Å². The zero-order valence-corrected chi connectivity index (χ0v) is 16.6. The lowest BCUT2D eigenvalue weighted by Gasteiger charge is -2.37. The van der Waals surface area contributed by atoms with Gasteiger partial charge >= 0.3 is 12.1 Å². The average molecular weight is 381 g/mol. The minimum absolute atomic E-state index is 0.124. The maximum Gasteiger partial charge on any atom is 0.410 e. The summed E-state index contributed by atoms with van der Waals surface area (Å²) in [5.74, 6) is -1.66. The van der Waals surface area contributed by atoms with Crippen LogP contribution in [0.15, 0.2) is 54.6 Å². The molecule has 0 radical (unpaired) electrons. The Balaban J connectivity index is 1.75. The molecule has 1 fully saturated rings. The smallest absolute Gasteiger partial charge is 0.410 e. The van der Waals surface area contributed by atoms with Crippen LogP contribution in [0.25, 0.3) is 11.1 Å². The quantitative estimate of drug-likeness (QED) is 0.831. The fraction of sp³-hybridized carbons (Fsp3) is 0.391. The van der Waals surface area contributed by atoms with E-state index in [0.717, 1.165) is 16.7 Å². The van der Waals surface area contributed by atoms with Gasteiger partial charge in [-0.2, -0.15) is 0 Å². The van der Waals surface area contributed by atoms with Crippen LogP contribution in [0.4, 0.5) is 4.79 Å². The van der Waals surface area contributed by atoms with Crippen LogP contribution in [0.3, 0.4) is 0 Å². The van der Waals surface area contributed by atoms with Gasteiger partial charge in [-0.25, -0.2) is 4.79 Å². The number of benzene rings is 2. The third-order valence-electron chi connectivity index (χ3n) is 5.03. The van der Waals surface area contributed by atoms with Gasteiger partial charge in [0.25, 0.3) is 0 Å². The van der Waals surface area contributed by atoms with E-state index in [1.165, 1.54) is 4.90 Å². The van der Waals surface area contributed by atoms with E-state index in [4.69, 9.17) is 4.74 Å². The van der Waals surface area contributed by atoms with Gasteiger partial charge in [-0.15, -0.1) is 0 Å². The molecule has 0 aromatic heterocycles. The normalized spacial score (nSPS) is 19.9. The second-order valence-corrected chi connectivity index (χ2v) is 8.25. The molecule has 3 rings (SSSR count). The minimum Gasteiger partial charge on any atom is -0.481 e. The van der Waals surface area contributed by atoms with Gasteiger partial charge in [0.15, 0.2) is 0 Å². The molecule has 1 aliphatic rings.